The van der Waals surface area contributed by atoms with Gasteiger partial charge in [0.15, 0.2) is 0 Å². The molecule has 0 aliphatic rings. The molecule has 0 saturated carbocycles. The molecule has 2 aromatic heterocycles. The fraction of sp³-hybridized carbons (Fsp3) is 0.231. The molecule has 3 rings (SSSR count). The van der Waals surface area contributed by atoms with E-state index in [2.05, 4.69) is 30.9 Å². The molecule has 0 aliphatic heterocycles. The van der Waals surface area contributed by atoms with Crippen LogP contribution in [-0.4, -0.2) is 31.3 Å². The number of rotatable bonds is 5. The number of benzene rings is 1. The molecule has 108 valence electrons. The molecule has 0 spiro atoms. The third-order valence-electron chi connectivity index (χ3n) is 3.18. The van der Waals surface area contributed by atoms with Crippen LogP contribution in [0.1, 0.15) is 5.82 Å². The van der Waals surface area contributed by atoms with Gasteiger partial charge in [0, 0.05) is 25.4 Å². The number of hydrazine groups is 1. The van der Waals surface area contributed by atoms with Gasteiger partial charge >= 0.3 is 0 Å². The summed E-state index contributed by atoms with van der Waals surface area (Å²) in [4.78, 5) is 8.67. The van der Waals surface area contributed by atoms with Gasteiger partial charge < -0.3 is 9.88 Å². The van der Waals surface area contributed by atoms with Gasteiger partial charge in [0.05, 0.1) is 5.52 Å². The minimum Gasteiger partial charge on any atom is -0.369 e. The van der Waals surface area contributed by atoms with Crippen LogP contribution in [0.3, 0.4) is 0 Å². The van der Waals surface area contributed by atoms with Crippen LogP contribution in [0, 0.1) is 0 Å². The number of hydrogen-bond acceptors (Lipinski definition) is 7. The molecule has 8 heteroatoms. The summed E-state index contributed by atoms with van der Waals surface area (Å²) in [6.45, 7) is 0.692. The number of nitrogen functional groups attached to an aromatic ring is 1. The van der Waals surface area contributed by atoms with Gasteiger partial charge in [0.2, 0.25) is 5.95 Å². The van der Waals surface area contributed by atoms with Gasteiger partial charge in [-0.05, 0) is 12.1 Å². The van der Waals surface area contributed by atoms with E-state index in [9.17, 15) is 0 Å². The summed E-state index contributed by atoms with van der Waals surface area (Å²) < 4.78 is 1.90. The molecule has 8 nitrogen and oxygen atoms in total. The molecular weight excluding hydrogens is 268 g/mol. The normalized spacial score (nSPS) is 10.8. The van der Waals surface area contributed by atoms with Crippen LogP contribution in [0.15, 0.2) is 30.6 Å². The molecule has 0 aliphatic carbocycles. The van der Waals surface area contributed by atoms with E-state index in [-0.39, 0.29) is 0 Å². The Morgan fingerprint density at radius 1 is 1.24 bits per heavy atom. The first-order valence-corrected chi connectivity index (χ1v) is 6.58. The van der Waals surface area contributed by atoms with Crippen LogP contribution in [0.5, 0.6) is 0 Å². The summed E-state index contributed by atoms with van der Waals surface area (Å²) in [5.41, 5.74) is 3.32. The number of para-hydroxylation sites is 1. The van der Waals surface area contributed by atoms with Crippen molar-refractivity contribution < 1.29 is 0 Å². The zero-order valence-corrected chi connectivity index (χ0v) is 11.6. The lowest BCUT2D eigenvalue weighted by Gasteiger charge is -2.10. The zero-order chi connectivity index (χ0) is 14.7. The number of aryl methyl sites for hydroxylation is 1. The van der Waals surface area contributed by atoms with Gasteiger partial charge in [0.25, 0.3) is 0 Å². The Kier molecular flexibility index (Phi) is 3.61. The topological polar surface area (TPSA) is 107 Å². The quantitative estimate of drug-likeness (QED) is 0.467. The van der Waals surface area contributed by atoms with E-state index < -0.39 is 0 Å². The van der Waals surface area contributed by atoms with Crippen LogP contribution < -0.4 is 16.6 Å². The lowest BCUT2D eigenvalue weighted by atomic mass is 10.2. The molecule has 0 unspecified atom stereocenters. The van der Waals surface area contributed by atoms with Crippen LogP contribution in [0.2, 0.25) is 0 Å². The van der Waals surface area contributed by atoms with E-state index in [1.54, 1.807) is 6.33 Å². The van der Waals surface area contributed by atoms with E-state index in [1.807, 2.05) is 35.9 Å². The largest absolute Gasteiger partial charge is 0.369 e. The predicted molar refractivity (Wildman–Crippen MR) is 80.5 cm³/mol. The average Bonchev–Trinajstić information content (AvgIpc) is 2.92. The molecule has 0 bridgehead atoms. The van der Waals surface area contributed by atoms with Gasteiger partial charge in [-0.1, -0.05) is 12.1 Å². The molecule has 3 aromatic rings. The molecule has 21 heavy (non-hydrogen) atoms. The Morgan fingerprint density at radius 3 is 2.86 bits per heavy atom. The van der Waals surface area contributed by atoms with E-state index in [4.69, 9.17) is 5.84 Å². The zero-order valence-electron chi connectivity index (χ0n) is 11.6. The molecule has 1 aromatic carbocycles. The Balaban J connectivity index is 1.81. The Morgan fingerprint density at radius 2 is 2.10 bits per heavy atom. The van der Waals surface area contributed by atoms with Gasteiger partial charge in [0.1, 0.15) is 18.0 Å². The number of anilines is 2. The van der Waals surface area contributed by atoms with Crippen molar-refractivity contribution in [1.82, 2.24) is 24.7 Å². The lowest BCUT2D eigenvalue weighted by Crippen LogP contribution is -2.14. The van der Waals surface area contributed by atoms with E-state index in [1.165, 1.54) is 0 Å². The lowest BCUT2D eigenvalue weighted by molar-refractivity contribution is 0.787. The highest BCUT2D eigenvalue weighted by atomic mass is 15.3. The molecular formula is C13H16N8. The number of nitrogens with zero attached hydrogens (tertiary/aromatic N) is 5. The highest BCUT2D eigenvalue weighted by Gasteiger charge is 2.07. The standard InChI is InChI=1S/C13H16N8/c1-21-8-16-20-11(21)6-7-15-12-9-4-2-3-5-10(9)17-13(18-12)19-14/h2-5,8H,6-7,14H2,1H3,(H2,15,17,18,19). The summed E-state index contributed by atoms with van der Waals surface area (Å²) >= 11 is 0. The maximum atomic E-state index is 5.41. The van der Waals surface area contributed by atoms with Gasteiger partial charge in [-0.2, -0.15) is 4.98 Å². The van der Waals surface area contributed by atoms with E-state index >= 15 is 0 Å². The van der Waals surface area contributed by atoms with Crippen LogP contribution in [0.4, 0.5) is 11.8 Å². The average molecular weight is 284 g/mol. The fourth-order valence-corrected chi connectivity index (χ4v) is 2.10. The van der Waals surface area contributed by atoms with Crippen molar-refractivity contribution in [2.45, 2.75) is 6.42 Å². The highest BCUT2D eigenvalue weighted by Crippen LogP contribution is 2.21. The SMILES string of the molecule is Cn1cnnc1CCNc1nc(NN)nc2ccccc12. The third-order valence-corrected chi connectivity index (χ3v) is 3.18. The van der Waals surface area contributed by atoms with Crippen molar-refractivity contribution in [2.75, 3.05) is 17.3 Å². The van der Waals surface area contributed by atoms with Crippen LogP contribution >= 0.6 is 0 Å². The molecule has 0 fully saturated rings. The molecule has 0 atom stereocenters. The van der Waals surface area contributed by atoms with E-state index in [0.29, 0.717) is 12.5 Å². The summed E-state index contributed by atoms with van der Waals surface area (Å²) in [7, 11) is 1.92. The van der Waals surface area contributed by atoms with Gasteiger partial charge in [-0.25, -0.2) is 10.8 Å². The first-order valence-electron chi connectivity index (χ1n) is 6.58. The van der Waals surface area contributed by atoms with Gasteiger partial charge in [-0.15, -0.1) is 10.2 Å². The second kappa shape index (κ2) is 5.71. The second-order valence-corrected chi connectivity index (χ2v) is 4.59. The van der Waals surface area contributed by atoms with Crippen molar-refractivity contribution >= 4 is 22.7 Å². The van der Waals surface area contributed by atoms with Crippen molar-refractivity contribution in [1.29, 1.82) is 0 Å². The number of nitrogens with one attached hydrogen (secondary N) is 2. The second-order valence-electron chi connectivity index (χ2n) is 4.59. The highest BCUT2D eigenvalue weighted by molar-refractivity contribution is 5.89. The number of fused-ring (bicyclic) bond motifs is 1. The Bertz CT molecular complexity index is 751. The first-order chi connectivity index (χ1) is 10.3. The molecule has 2 heterocycles. The smallest absolute Gasteiger partial charge is 0.239 e. The van der Waals surface area contributed by atoms with Gasteiger partial charge in [-0.3, -0.25) is 5.43 Å². The van der Waals surface area contributed by atoms with Crippen molar-refractivity contribution in [3.63, 3.8) is 0 Å². The van der Waals surface area contributed by atoms with Crippen molar-refractivity contribution in [3.8, 4) is 0 Å². The third kappa shape index (κ3) is 2.75. The molecule has 0 radical (unpaired) electrons. The summed E-state index contributed by atoms with van der Waals surface area (Å²) in [5.74, 6) is 7.46. The summed E-state index contributed by atoms with van der Waals surface area (Å²) in [6.07, 6.45) is 2.44. The Labute approximate surface area is 121 Å². The minimum absolute atomic E-state index is 0.384. The van der Waals surface area contributed by atoms with Crippen molar-refractivity contribution in [2.24, 2.45) is 12.9 Å². The summed E-state index contributed by atoms with van der Waals surface area (Å²) in [5, 5.41) is 12.2. The Hall–Kier alpha value is -2.74. The monoisotopic (exact) mass is 284 g/mol. The van der Waals surface area contributed by atoms with Crippen LogP contribution in [0.25, 0.3) is 10.9 Å². The minimum atomic E-state index is 0.384. The maximum Gasteiger partial charge on any atom is 0.239 e. The molecule has 4 N–H and O–H groups in total. The summed E-state index contributed by atoms with van der Waals surface area (Å²) in [6, 6.07) is 7.78. The maximum absolute atomic E-state index is 5.41. The van der Waals surface area contributed by atoms with E-state index in [0.717, 1.165) is 29.0 Å². The van der Waals surface area contributed by atoms with Crippen molar-refractivity contribution in [3.05, 3.63) is 36.4 Å². The predicted octanol–water partition coefficient (Wildman–Crippen LogP) is 0.698. The molecule has 0 amide bonds. The van der Waals surface area contributed by atoms with Crippen LogP contribution in [-0.2, 0) is 13.5 Å². The molecule has 0 saturated heterocycles. The number of nitrogens with two attached hydrogens (primary N) is 1. The number of hydrogen-bond donors (Lipinski definition) is 3. The fourth-order valence-electron chi connectivity index (χ4n) is 2.10. The first kappa shape index (κ1) is 13.3. The number of aromatic nitrogens is 5.